The first-order valence-electron chi connectivity index (χ1n) is 11.9. The lowest BCUT2D eigenvalue weighted by Crippen LogP contribution is -2.42. The van der Waals surface area contributed by atoms with Crippen molar-refractivity contribution in [3.8, 4) is 17.2 Å². The Hall–Kier alpha value is -2.11. The molecule has 1 atom stereocenters. The zero-order chi connectivity index (χ0) is 24.1. The van der Waals surface area contributed by atoms with Crippen LogP contribution in [-0.2, 0) is 4.74 Å². The van der Waals surface area contributed by atoms with Crippen molar-refractivity contribution in [2.45, 2.75) is 63.6 Å². The molecule has 9 heteroatoms. The minimum atomic E-state index is -0.248. The van der Waals surface area contributed by atoms with Gasteiger partial charge in [-0.05, 0) is 57.6 Å². The van der Waals surface area contributed by atoms with Gasteiger partial charge in [0.05, 0.1) is 35.0 Å². The Bertz CT molecular complexity index is 1030. The smallest absolute Gasteiger partial charge is 0.137 e. The number of anilines is 2. The van der Waals surface area contributed by atoms with E-state index in [0.29, 0.717) is 34.8 Å². The third-order valence-electron chi connectivity index (χ3n) is 6.72. The van der Waals surface area contributed by atoms with E-state index in [1.54, 1.807) is 19.5 Å². The molecule has 2 fully saturated rings. The first-order valence-corrected chi connectivity index (χ1v) is 12.6. The summed E-state index contributed by atoms with van der Waals surface area (Å²) in [7, 11) is 1.74. The molecule has 0 saturated heterocycles. The molecule has 0 radical (unpaired) electrons. The number of rotatable bonds is 10. The SMILES string of the molecule is COC[C@@H](C)NC1CCC(Nc2cc(-c3cc(NCC4(C#N)CC4)cnc3Cl)c(Cl)cn2)CC1. The van der Waals surface area contributed by atoms with E-state index in [2.05, 4.69) is 38.9 Å². The van der Waals surface area contributed by atoms with Gasteiger partial charge in [0.25, 0.3) is 0 Å². The molecule has 182 valence electrons. The molecular weight excluding hydrogens is 471 g/mol. The summed E-state index contributed by atoms with van der Waals surface area (Å²) < 4.78 is 5.23. The van der Waals surface area contributed by atoms with Gasteiger partial charge in [0.2, 0.25) is 0 Å². The zero-order valence-electron chi connectivity index (χ0n) is 19.7. The Morgan fingerprint density at radius 1 is 1.12 bits per heavy atom. The van der Waals surface area contributed by atoms with E-state index in [9.17, 15) is 5.26 Å². The van der Waals surface area contributed by atoms with Crippen LogP contribution in [0.15, 0.2) is 24.5 Å². The molecule has 2 aromatic rings. The summed E-state index contributed by atoms with van der Waals surface area (Å²) in [6.07, 6.45) is 9.57. The van der Waals surface area contributed by atoms with Crippen LogP contribution in [0.5, 0.6) is 0 Å². The third-order valence-corrected chi connectivity index (χ3v) is 7.32. The topological polar surface area (TPSA) is 94.9 Å². The summed E-state index contributed by atoms with van der Waals surface area (Å²) >= 11 is 13.0. The number of nitrogens with one attached hydrogen (secondary N) is 3. The van der Waals surface area contributed by atoms with Crippen molar-refractivity contribution < 1.29 is 4.74 Å². The average Bonchev–Trinajstić information content (AvgIpc) is 3.62. The second-order valence-corrected chi connectivity index (χ2v) is 10.3. The highest BCUT2D eigenvalue weighted by Gasteiger charge is 2.42. The highest BCUT2D eigenvalue weighted by Crippen LogP contribution is 2.45. The molecule has 0 unspecified atom stereocenters. The van der Waals surface area contributed by atoms with Gasteiger partial charge in [-0.2, -0.15) is 5.26 Å². The van der Waals surface area contributed by atoms with Crippen molar-refractivity contribution in [3.05, 3.63) is 34.7 Å². The average molecular weight is 503 g/mol. The fourth-order valence-corrected chi connectivity index (χ4v) is 4.93. The molecule has 0 amide bonds. The van der Waals surface area contributed by atoms with Crippen molar-refractivity contribution >= 4 is 34.7 Å². The number of ether oxygens (including phenoxy) is 1. The molecule has 2 heterocycles. The molecule has 4 rings (SSSR count). The van der Waals surface area contributed by atoms with Crippen LogP contribution in [0.25, 0.3) is 11.1 Å². The lowest BCUT2D eigenvalue weighted by atomic mass is 9.90. The number of aromatic nitrogens is 2. The summed E-state index contributed by atoms with van der Waals surface area (Å²) in [6, 6.07) is 7.52. The van der Waals surface area contributed by atoms with Gasteiger partial charge in [-0.25, -0.2) is 9.97 Å². The van der Waals surface area contributed by atoms with Crippen molar-refractivity contribution in [1.82, 2.24) is 15.3 Å². The number of pyridine rings is 2. The Morgan fingerprint density at radius 3 is 2.53 bits per heavy atom. The normalized spacial score (nSPS) is 22.0. The molecule has 0 spiro atoms. The molecule has 0 bridgehead atoms. The summed E-state index contributed by atoms with van der Waals surface area (Å²) in [6.45, 7) is 3.49. The van der Waals surface area contributed by atoms with Gasteiger partial charge in [-0.3, -0.25) is 0 Å². The van der Waals surface area contributed by atoms with Crippen molar-refractivity contribution in [2.75, 3.05) is 30.9 Å². The monoisotopic (exact) mass is 502 g/mol. The van der Waals surface area contributed by atoms with Crippen LogP contribution in [0, 0.1) is 16.7 Å². The van der Waals surface area contributed by atoms with E-state index >= 15 is 0 Å². The van der Waals surface area contributed by atoms with Crippen molar-refractivity contribution in [1.29, 1.82) is 5.26 Å². The van der Waals surface area contributed by atoms with Crippen LogP contribution in [-0.4, -0.2) is 48.4 Å². The molecule has 0 aromatic carbocycles. The number of hydrogen-bond donors (Lipinski definition) is 3. The molecule has 2 aliphatic carbocycles. The summed E-state index contributed by atoms with van der Waals surface area (Å²) in [5, 5.41) is 20.8. The van der Waals surface area contributed by atoms with Gasteiger partial charge in [-0.1, -0.05) is 23.2 Å². The standard InChI is InChI=1S/C25H32Cl2N6O/c1-16(13-34-2)32-17-3-5-18(6-4-17)33-23-10-20(22(26)12-29-23)21-9-19(11-30-24(21)27)31-15-25(14-28)7-8-25/h9-12,16-18,31-32H,3-8,13,15H2,1-2H3,(H,29,33)/t16-,17?,18?/m1/s1. The maximum absolute atomic E-state index is 9.32. The zero-order valence-corrected chi connectivity index (χ0v) is 21.2. The van der Waals surface area contributed by atoms with E-state index < -0.39 is 0 Å². The number of nitriles is 1. The minimum Gasteiger partial charge on any atom is -0.383 e. The lowest BCUT2D eigenvalue weighted by Gasteiger charge is -2.32. The van der Waals surface area contributed by atoms with Crippen LogP contribution in [0.1, 0.15) is 45.4 Å². The molecule has 2 aromatic heterocycles. The highest BCUT2D eigenvalue weighted by molar-refractivity contribution is 6.36. The number of nitrogens with zero attached hydrogens (tertiary/aromatic N) is 3. The van der Waals surface area contributed by atoms with Gasteiger partial charge in [-0.15, -0.1) is 0 Å². The van der Waals surface area contributed by atoms with Gasteiger partial charge < -0.3 is 20.7 Å². The molecule has 34 heavy (non-hydrogen) atoms. The highest BCUT2D eigenvalue weighted by atomic mass is 35.5. The van der Waals surface area contributed by atoms with Crippen molar-refractivity contribution in [3.63, 3.8) is 0 Å². The molecule has 2 saturated carbocycles. The van der Waals surface area contributed by atoms with Crippen LogP contribution in [0.2, 0.25) is 10.2 Å². The largest absolute Gasteiger partial charge is 0.383 e. The fourth-order valence-electron chi connectivity index (χ4n) is 4.52. The third kappa shape index (κ3) is 6.31. The van der Waals surface area contributed by atoms with Crippen LogP contribution >= 0.6 is 23.2 Å². The number of methoxy groups -OCH3 is 1. The first kappa shape index (κ1) is 25.0. The molecular formula is C25H32Cl2N6O. The van der Waals surface area contributed by atoms with Crippen LogP contribution < -0.4 is 16.0 Å². The number of halogens is 2. The van der Waals surface area contributed by atoms with E-state index in [-0.39, 0.29) is 5.41 Å². The van der Waals surface area contributed by atoms with Gasteiger partial charge in [0, 0.05) is 49.1 Å². The van der Waals surface area contributed by atoms with Crippen LogP contribution in [0.4, 0.5) is 11.5 Å². The predicted molar refractivity (Wildman–Crippen MR) is 137 cm³/mol. The van der Waals surface area contributed by atoms with E-state index in [1.807, 2.05) is 12.1 Å². The Kier molecular flexibility index (Phi) is 8.15. The van der Waals surface area contributed by atoms with E-state index in [1.165, 1.54) is 0 Å². The van der Waals surface area contributed by atoms with Crippen molar-refractivity contribution in [2.24, 2.45) is 5.41 Å². The minimum absolute atomic E-state index is 0.248. The second-order valence-electron chi connectivity index (χ2n) is 9.57. The maximum Gasteiger partial charge on any atom is 0.137 e. The Labute approximate surface area is 211 Å². The summed E-state index contributed by atoms with van der Waals surface area (Å²) in [5.74, 6) is 0.777. The van der Waals surface area contributed by atoms with Gasteiger partial charge in [0.15, 0.2) is 0 Å². The molecule has 2 aliphatic rings. The lowest BCUT2D eigenvalue weighted by molar-refractivity contribution is 0.161. The first-order chi connectivity index (χ1) is 16.4. The Morgan fingerprint density at radius 2 is 1.85 bits per heavy atom. The second kappa shape index (κ2) is 11.1. The van der Waals surface area contributed by atoms with Gasteiger partial charge >= 0.3 is 0 Å². The van der Waals surface area contributed by atoms with Crippen LogP contribution in [0.3, 0.4) is 0 Å². The fraction of sp³-hybridized carbons (Fsp3) is 0.560. The Balaban J connectivity index is 1.41. The number of hydrogen-bond acceptors (Lipinski definition) is 7. The van der Waals surface area contributed by atoms with E-state index in [4.69, 9.17) is 27.9 Å². The van der Waals surface area contributed by atoms with E-state index in [0.717, 1.165) is 67.8 Å². The summed E-state index contributed by atoms with van der Waals surface area (Å²) in [5.41, 5.74) is 2.09. The maximum atomic E-state index is 9.32. The molecule has 3 N–H and O–H groups in total. The molecule has 7 nitrogen and oxygen atoms in total. The predicted octanol–water partition coefficient (Wildman–Crippen LogP) is 5.51. The van der Waals surface area contributed by atoms with Gasteiger partial charge in [0.1, 0.15) is 11.0 Å². The molecule has 0 aliphatic heterocycles. The summed E-state index contributed by atoms with van der Waals surface area (Å²) in [4.78, 5) is 8.84. The quantitative estimate of drug-likeness (QED) is 0.368.